The summed E-state index contributed by atoms with van der Waals surface area (Å²) >= 11 is 0. The van der Waals surface area contributed by atoms with E-state index in [1.54, 1.807) is 7.11 Å². The zero-order valence-corrected chi connectivity index (χ0v) is 27.0. The van der Waals surface area contributed by atoms with Gasteiger partial charge in [0.25, 0.3) is 0 Å². The predicted octanol–water partition coefficient (Wildman–Crippen LogP) is 8.69. The van der Waals surface area contributed by atoms with Crippen molar-refractivity contribution in [3.05, 3.63) is 96.2 Å². The number of methoxy groups -OCH3 is 1. The van der Waals surface area contributed by atoms with Gasteiger partial charge < -0.3 is 14.0 Å². The highest BCUT2D eigenvalue weighted by atomic mass is 16.5. The van der Waals surface area contributed by atoms with Crippen molar-refractivity contribution in [3.8, 4) is 5.75 Å². The van der Waals surface area contributed by atoms with Gasteiger partial charge in [-0.2, -0.15) is 0 Å². The molecule has 224 valence electrons. The maximum atomic E-state index is 6.81. The minimum Gasteiger partial charge on any atom is -0.496 e. The molecule has 3 aliphatic heterocycles. The minimum atomic E-state index is -0.0529. The van der Waals surface area contributed by atoms with Gasteiger partial charge >= 0.3 is 0 Å². The fourth-order valence-corrected chi connectivity index (χ4v) is 7.86. The number of hydrogen-bond acceptors (Lipinski definition) is 3. The molecular formula is C38H51N2O2+. The number of benzene rings is 2. The van der Waals surface area contributed by atoms with E-state index in [2.05, 4.69) is 108 Å². The Labute approximate surface area is 254 Å². The highest BCUT2D eigenvalue weighted by Crippen LogP contribution is 2.50. The molecule has 0 saturated carbocycles. The van der Waals surface area contributed by atoms with Gasteiger partial charge in [-0.1, -0.05) is 71.9 Å². The number of para-hydroxylation sites is 1. The average molecular weight is 568 g/mol. The van der Waals surface area contributed by atoms with E-state index in [1.807, 2.05) is 12.3 Å². The maximum absolute atomic E-state index is 6.81. The molecule has 3 saturated heterocycles. The second-order valence-electron chi connectivity index (χ2n) is 14.7. The van der Waals surface area contributed by atoms with Crippen molar-refractivity contribution < 1.29 is 14.0 Å². The number of rotatable bonds is 9. The van der Waals surface area contributed by atoms with E-state index in [0.29, 0.717) is 24.5 Å². The highest BCUT2D eigenvalue weighted by molar-refractivity contribution is 5.82. The van der Waals surface area contributed by atoms with Crippen LogP contribution < -0.4 is 4.74 Å². The molecule has 4 heteroatoms. The lowest BCUT2D eigenvalue weighted by Gasteiger charge is -2.59. The first-order chi connectivity index (χ1) is 19.9. The monoisotopic (exact) mass is 567 g/mol. The standard InChI is InChI=1S/C38H51N2O2/c1-10-20-42-36(30-16-18-39-33-15-13-12-14-29(30)33)34-22-27-17-19-40(34,24-26(27)11-2)25-28-21-32(38(6,7)8)35(41-9)23-31(28)37(3,4)5/h10-16,18,21,23,26-27,34,36H,1-2,17,19-20,22,24-25H2,3-9H3/q+1/t26-,27-,34-,36-,40-/m0/s1. The number of pyridine rings is 1. The van der Waals surface area contributed by atoms with E-state index in [9.17, 15) is 0 Å². The summed E-state index contributed by atoms with van der Waals surface area (Å²) in [7, 11) is 1.80. The van der Waals surface area contributed by atoms with Gasteiger partial charge in [0.05, 0.1) is 32.3 Å². The van der Waals surface area contributed by atoms with Crippen LogP contribution in [-0.2, 0) is 22.1 Å². The third kappa shape index (κ3) is 5.68. The van der Waals surface area contributed by atoms with E-state index in [-0.39, 0.29) is 16.9 Å². The number of quaternary nitrogens is 1. The number of nitrogens with zero attached hydrogens (tertiary/aromatic N) is 2. The normalized spacial score (nSPS) is 24.9. The Bertz CT molecular complexity index is 1440. The molecule has 0 radical (unpaired) electrons. The van der Waals surface area contributed by atoms with Crippen LogP contribution in [0.15, 0.2) is 74.0 Å². The topological polar surface area (TPSA) is 31.4 Å². The van der Waals surface area contributed by atoms with E-state index >= 15 is 0 Å². The van der Waals surface area contributed by atoms with Crippen LogP contribution in [0.4, 0.5) is 0 Å². The lowest BCUT2D eigenvalue weighted by atomic mass is 9.70. The SMILES string of the molecule is C=CCO[C@@H](c1ccnc2ccccc12)[C@@H]1C[C@@H]2CC[N@@+]1(Cc1cc(C(C)(C)C)c(OC)cc1C(C)(C)C)C[C@@H]2C=C. The predicted molar refractivity (Wildman–Crippen MR) is 175 cm³/mol. The molecule has 1 aromatic heterocycles. The third-order valence-electron chi connectivity index (χ3n) is 9.93. The van der Waals surface area contributed by atoms with Crippen LogP contribution in [0.25, 0.3) is 10.9 Å². The molecule has 0 unspecified atom stereocenters. The molecule has 3 fully saturated rings. The molecule has 3 aromatic rings. The van der Waals surface area contributed by atoms with Crippen LogP contribution >= 0.6 is 0 Å². The molecular weight excluding hydrogens is 516 g/mol. The van der Waals surface area contributed by atoms with Gasteiger partial charge in [-0.15, -0.1) is 13.2 Å². The number of ether oxygens (including phenoxy) is 2. The fraction of sp³-hybridized carbons (Fsp3) is 0.500. The summed E-state index contributed by atoms with van der Waals surface area (Å²) in [6.07, 6.45) is 8.37. The molecule has 2 bridgehead atoms. The summed E-state index contributed by atoms with van der Waals surface area (Å²) in [5.74, 6) is 2.14. The first kappa shape index (κ1) is 30.5. The smallest absolute Gasteiger partial charge is 0.135 e. The molecule has 2 aromatic carbocycles. The van der Waals surface area contributed by atoms with Crippen molar-refractivity contribution in [2.45, 2.75) is 83.9 Å². The van der Waals surface area contributed by atoms with E-state index < -0.39 is 0 Å². The molecule has 0 amide bonds. The highest BCUT2D eigenvalue weighted by Gasteiger charge is 2.55. The van der Waals surface area contributed by atoms with Gasteiger partial charge in [0.2, 0.25) is 0 Å². The van der Waals surface area contributed by atoms with Gasteiger partial charge in [-0.05, 0) is 57.7 Å². The fourth-order valence-electron chi connectivity index (χ4n) is 7.86. The van der Waals surface area contributed by atoms with Gasteiger partial charge in [0.1, 0.15) is 24.4 Å². The molecule has 6 rings (SSSR count). The van der Waals surface area contributed by atoms with Crippen molar-refractivity contribution in [2.75, 3.05) is 26.8 Å². The summed E-state index contributed by atoms with van der Waals surface area (Å²) < 4.78 is 13.8. The van der Waals surface area contributed by atoms with Crippen LogP contribution in [0.5, 0.6) is 5.75 Å². The second-order valence-corrected chi connectivity index (χ2v) is 14.7. The van der Waals surface area contributed by atoms with Gasteiger partial charge in [0, 0.05) is 35.9 Å². The summed E-state index contributed by atoms with van der Waals surface area (Å²) in [5.41, 5.74) is 6.30. The molecule has 4 nitrogen and oxygen atoms in total. The molecule has 0 N–H and O–H groups in total. The Morgan fingerprint density at radius 1 is 1.02 bits per heavy atom. The van der Waals surface area contributed by atoms with Crippen LogP contribution in [0, 0.1) is 11.8 Å². The zero-order chi connectivity index (χ0) is 30.3. The Hall–Kier alpha value is -2.95. The summed E-state index contributed by atoms with van der Waals surface area (Å²) in [4.78, 5) is 4.69. The van der Waals surface area contributed by atoms with Crippen LogP contribution in [-0.4, -0.2) is 42.3 Å². The molecule has 42 heavy (non-hydrogen) atoms. The number of piperidine rings is 3. The Morgan fingerprint density at radius 3 is 2.43 bits per heavy atom. The summed E-state index contributed by atoms with van der Waals surface area (Å²) in [6, 6.07) is 15.8. The van der Waals surface area contributed by atoms with Crippen molar-refractivity contribution in [3.63, 3.8) is 0 Å². The Kier molecular flexibility index (Phi) is 8.44. The zero-order valence-electron chi connectivity index (χ0n) is 27.0. The maximum Gasteiger partial charge on any atom is 0.135 e. The first-order valence-electron chi connectivity index (χ1n) is 15.7. The molecule has 4 heterocycles. The van der Waals surface area contributed by atoms with Crippen molar-refractivity contribution in [1.29, 1.82) is 0 Å². The quantitative estimate of drug-likeness (QED) is 0.191. The van der Waals surface area contributed by atoms with Crippen molar-refractivity contribution in [2.24, 2.45) is 11.8 Å². The van der Waals surface area contributed by atoms with Gasteiger partial charge in [-0.3, -0.25) is 4.98 Å². The van der Waals surface area contributed by atoms with Crippen LogP contribution in [0.1, 0.15) is 82.7 Å². The number of aromatic nitrogens is 1. The first-order valence-corrected chi connectivity index (χ1v) is 15.7. The van der Waals surface area contributed by atoms with Gasteiger partial charge in [-0.25, -0.2) is 0 Å². The average Bonchev–Trinajstić information content (AvgIpc) is 2.96. The molecule has 5 atom stereocenters. The van der Waals surface area contributed by atoms with Crippen LogP contribution in [0.3, 0.4) is 0 Å². The number of hydrogen-bond donors (Lipinski definition) is 0. The summed E-state index contributed by atoms with van der Waals surface area (Å²) in [6.45, 7) is 25.9. The lowest BCUT2D eigenvalue weighted by Crippen LogP contribution is -2.67. The molecule has 0 spiro atoms. The van der Waals surface area contributed by atoms with E-state index in [0.717, 1.165) is 41.8 Å². The number of fused-ring (bicyclic) bond motifs is 4. The summed E-state index contributed by atoms with van der Waals surface area (Å²) in [5, 5.41) is 1.19. The van der Waals surface area contributed by atoms with E-state index in [4.69, 9.17) is 9.47 Å². The Morgan fingerprint density at radius 2 is 1.76 bits per heavy atom. The molecule has 0 aliphatic carbocycles. The van der Waals surface area contributed by atoms with Crippen LogP contribution in [0.2, 0.25) is 0 Å². The Balaban J connectivity index is 1.69. The van der Waals surface area contributed by atoms with Crippen molar-refractivity contribution >= 4 is 10.9 Å². The third-order valence-corrected chi connectivity index (χ3v) is 9.93. The second kappa shape index (κ2) is 11.6. The van der Waals surface area contributed by atoms with E-state index in [1.165, 1.54) is 34.1 Å². The van der Waals surface area contributed by atoms with Gasteiger partial charge in [0.15, 0.2) is 0 Å². The molecule has 3 aliphatic rings. The van der Waals surface area contributed by atoms with Crippen molar-refractivity contribution in [1.82, 2.24) is 4.98 Å². The lowest BCUT2D eigenvalue weighted by molar-refractivity contribution is -0.985. The minimum absolute atomic E-state index is 0.0150. The largest absolute Gasteiger partial charge is 0.496 e.